The summed E-state index contributed by atoms with van der Waals surface area (Å²) < 4.78 is 0. The molecule has 0 aromatic carbocycles. The molecule has 8 atom stereocenters. The number of aliphatic hydroxyl groups is 1. The topological polar surface area (TPSA) is 330 Å². The summed E-state index contributed by atoms with van der Waals surface area (Å²) in [6, 6.07) is -7.88. The smallest absolute Gasteiger partial charge is 0.326 e. The standard InChI is InChI=1S/C32H54N8O12/c1-6-16(4)25(29(48)37-20(32(51)52)13-22(34)42)39-27(46)19(12-15(2)3)36-30(49)26(17(5)41)38-23(43)14-35-28(47)21-8-7-11-40(21)31(50)18(33)9-10-24(44)45/h15-21,25-26,41H,6-14,33H2,1-5H3,(H2,34,42)(H,35,47)(H,36,49)(H,37,48)(H,38,43)(H,39,46)(H,44,45)(H,51,52)/t16-,17+,18-,19-,20-,21-,25-,26-/m0/s1. The number of nitrogens with one attached hydrogen (secondary N) is 5. The molecule has 20 heteroatoms. The first-order chi connectivity index (χ1) is 24.2. The molecule has 52 heavy (non-hydrogen) atoms. The number of nitrogens with zero attached hydrogens (tertiary/aromatic N) is 1. The van der Waals surface area contributed by atoms with Crippen molar-refractivity contribution in [1.82, 2.24) is 31.5 Å². The average molecular weight is 743 g/mol. The summed E-state index contributed by atoms with van der Waals surface area (Å²) in [6.45, 7) is 7.64. The van der Waals surface area contributed by atoms with Crippen molar-refractivity contribution in [2.24, 2.45) is 23.3 Å². The number of aliphatic hydroxyl groups excluding tert-OH is 1. The van der Waals surface area contributed by atoms with Crippen LogP contribution in [-0.4, -0.2) is 129 Å². The number of carbonyl (C=O) groups is 9. The van der Waals surface area contributed by atoms with Gasteiger partial charge in [0, 0.05) is 13.0 Å². The summed E-state index contributed by atoms with van der Waals surface area (Å²) >= 11 is 0. The lowest BCUT2D eigenvalue weighted by atomic mass is 9.96. The Kier molecular flexibility index (Phi) is 18.7. The fourth-order valence-electron chi connectivity index (χ4n) is 5.42. The lowest BCUT2D eigenvalue weighted by molar-refractivity contribution is -0.144. The summed E-state index contributed by atoms with van der Waals surface area (Å²) in [5, 5.41) is 40.6. The number of hydrogen-bond donors (Lipinski definition) is 10. The van der Waals surface area contributed by atoms with E-state index < -0.39 is 115 Å². The highest BCUT2D eigenvalue weighted by Crippen LogP contribution is 2.19. The predicted octanol–water partition coefficient (Wildman–Crippen LogP) is -3.34. The number of carboxylic acid groups (broad SMARTS) is 2. The monoisotopic (exact) mass is 742 g/mol. The zero-order valence-electron chi connectivity index (χ0n) is 30.2. The summed E-state index contributed by atoms with van der Waals surface area (Å²) in [4.78, 5) is 113. The molecule has 1 fully saturated rings. The van der Waals surface area contributed by atoms with Crippen LogP contribution in [-0.2, 0) is 43.2 Å². The zero-order valence-corrected chi connectivity index (χ0v) is 30.2. The summed E-state index contributed by atoms with van der Waals surface area (Å²) in [7, 11) is 0. The minimum atomic E-state index is -1.65. The number of carboxylic acids is 2. The molecule has 7 amide bonds. The van der Waals surface area contributed by atoms with Gasteiger partial charge in [-0.05, 0) is 44.4 Å². The van der Waals surface area contributed by atoms with Gasteiger partial charge in [0.15, 0.2) is 0 Å². The molecule has 1 aliphatic rings. The Morgan fingerprint density at radius 2 is 1.44 bits per heavy atom. The highest BCUT2D eigenvalue weighted by molar-refractivity contribution is 5.97. The first-order valence-corrected chi connectivity index (χ1v) is 17.1. The van der Waals surface area contributed by atoms with Gasteiger partial charge in [0.2, 0.25) is 41.4 Å². The number of amides is 7. The molecule has 12 N–H and O–H groups in total. The van der Waals surface area contributed by atoms with E-state index in [0.29, 0.717) is 12.8 Å². The molecule has 0 aromatic heterocycles. The Balaban J connectivity index is 2.99. The van der Waals surface area contributed by atoms with Crippen molar-refractivity contribution in [3.63, 3.8) is 0 Å². The van der Waals surface area contributed by atoms with Gasteiger partial charge in [-0.2, -0.15) is 0 Å². The number of nitrogens with two attached hydrogens (primary N) is 2. The van der Waals surface area contributed by atoms with E-state index in [1.165, 1.54) is 11.8 Å². The maximum atomic E-state index is 13.5. The van der Waals surface area contributed by atoms with Crippen LogP contribution in [0, 0.1) is 11.8 Å². The second-order valence-corrected chi connectivity index (χ2v) is 13.4. The van der Waals surface area contributed by atoms with Gasteiger partial charge in [0.05, 0.1) is 25.1 Å². The predicted molar refractivity (Wildman–Crippen MR) is 182 cm³/mol. The third-order valence-electron chi connectivity index (χ3n) is 8.48. The molecule has 0 spiro atoms. The van der Waals surface area contributed by atoms with E-state index in [0.717, 1.165) is 0 Å². The normalized spacial score (nSPS) is 18.1. The lowest BCUT2D eigenvalue weighted by Gasteiger charge is -2.29. The highest BCUT2D eigenvalue weighted by atomic mass is 16.4. The van der Waals surface area contributed by atoms with Crippen LogP contribution < -0.4 is 38.1 Å². The van der Waals surface area contributed by atoms with Crippen LogP contribution in [0.25, 0.3) is 0 Å². The van der Waals surface area contributed by atoms with Crippen LogP contribution in [0.5, 0.6) is 0 Å². The molecule has 1 saturated heterocycles. The Morgan fingerprint density at radius 1 is 0.846 bits per heavy atom. The summed E-state index contributed by atoms with van der Waals surface area (Å²) in [5.41, 5.74) is 10.9. The molecule has 1 aliphatic heterocycles. The third-order valence-corrected chi connectivity index (χ3v) is 8.48. The summed E-state index contributed by atoms with van der Waals surface area (Å²) in [5.74, 6) is -9.14. The minimum absolute atomic E-state index is 0.0545. The number of hydrogen-bond acceptors (Lipinski definition) is 11. The van der Waals surface area contributed by atoms with Crippen LogP contribution in [0.3, 0.4) is 0 Å². The molecule has 0 aromatic rings. The van der Waals surface area contributed by atoms with Crippen LogP contribution >= 0.6 is 0 Å². The molecule has 1 rings (SSSR count). The Hall–Kier alpha value is -4.85. The Morgan fingerprint density at radius 3 is 1.96 bits per heavy atom. The van der Waals surface area contributed by atoms with E-state index in [-0.39, 0.29) is 38.1 Å². The van der Waals surface area contributed by atoms with Crippen molar-refractivity contribution < 1.29 is 58.5 Å². The van der Waals surface area contributed by atoms with E-state index in [4.69, 9.17) is 16.6 Å². The van der Waals surface area contributed by atoms with Gasteiger partial charge in [0.25, 0.3) is 0 Å². The van der Waals surface area contributed by atoms with E-state index in [9.17, 15) is 53.4 Å². The number of aliphatic carboxylic acids is 2. The number of rotatable bonds is 22. The molecule has 0 saturated carbocycles. The van der Waals surface area contributed by atoms with Crippen LogP contribution in [0.1, 0.15) is 79.6 Å². The van der Waals surface area contributed by atoms with Crippen molar-refractivity contribution in [2.45, 2.75) is 122 Å². The molecule has 0 unspecified atom stereocenters. The maximum absolute atomic E-state index is 13.5. The van der Waals surface area contributed by atoms with Crippen LogP contribution in [0.4, 0.5) is 0 Å². The van der Waals surface area contributed by atoms with Crippen molar-refractivity contribution in [1.29, 1.82) is 0 Å². The van der Waals surface area contributed by atoms with E-state index in [2.05, 4.69) is 26.6 Å². The number of likely N-dealkylation sites (tertiary alicyclic amines) is 1. The molecular weight excluding hydrogens is 688 g/mol. The molecule has 0 bridgehead atoms. The second-order valence-electron chi connectivity index (χ2n) is 13.4. The highest BCUT2D eigenvalue weighted by Gasteiger charge is 2.37. The van der Waals surface area contributed by atoms with Crippen LogP contribution in [0.2, 0.25) is 0 Å². The fourth-order valence-corrected chi connectivity index (χ4v) is 5.42. The first kappa shape index (κ1) is 45.2. The number of primary amides is 1. The SMILES string of the molecule is CC[C@H](C)[C@H](NC(=O)[C@H](CC(C)C)NC(=O)[C@@H](NC(=O)CNC(=O)[C@@H]1CCCN1C(=O)[C@@H](N)CCC(=O)O)[C@@H](C)O)C(=O)N[C@@H](CC(N)=O)C(=O)O. The minimum Gasteiger partial charge on any atom is -0.481 e. The second kappa shape index (κ2) is 21.5. The van der Waals surface area contributed by atoms with Crippen molar-refractivity contribution in [3.05, 3.63) is 0 Å². The van der Waals surface area contributed by atoms with E-state index in [1.54, 1.807) is 27.7 Å². The van der Waals surface area contributed by atoms with Crippen molar-refractivity contribution in [3.8, 4) is 0 Å². The Labute approximate surface area is 301 Å². The summed E-state index contributed by atoms with van der Waals surface area (Å²) in [6.07, 6.45) is -1.45. The molecule has 0 radical (unpaired) electrons. The van der Waals surface area contributed by atoms with Crippen LogP contribution in [0.15, 0.2) is 0 Å². The van der Waals surface area contributed by atoms with Gasteiger partial charge in [-0.25, -0.2) is 4.79 Å². The average Bonchev–Trinajstić information content (AvgIpc) is 3.55. The first-order valence-electron chi connectivity index (χ1n) is 17.1. The van der Waals surface area contributed by atoms with Gasteiger partial charge >= 0.3 is 11.9 Å². The lowest BCUT2D eigenvalue weighted by Crippen LogP contribution is -2.61. The fraction of sp³-hybridized carbons (Fsp3) is 0.719. The van der Waals surface area contributed by atoms with Gasteiger partial charge in [0.1, 0.15) is 30.2 Å². The van der Waals surface area contributed by atoms with Crippen molar-refractivity contribution in [2.75, 3.05) is 13.1 Å². The molecular formula is C32H54N8O12. The molecule has 1 heterocycles. The zero-order chi connectivity index (χ0) is 39.9. The Bertz CT molecular complexity index is 1330. The van der Waals surface area contributed by atoms with Gasteiger partial charge < -0.3 is 58.3 Å². The maximum Gasteiger partial charge on any atom is 0.326 e. The molecule has 294 valence electrons. The number of carbonyl (C=O) groups excluding carboxylic acids is 7. The van der Waals surface area contributed by atoms with Gasteiger partial charge in [-0.3, -0.25) is 38.4 Å². The van der Waals surface area contributed by atoms with Crippen molar-refractivity contribution >= 4 is 53.3 Å². The van der Waals surface area contributed by atoms with E-state index >= 15 is 0 Å². The third kappa shape index (κ3) is 14.8. The van der Waals surface area contributed by atoms with Gasteiger partial charge in [-0.1, -0.05) is 34.1 Å². The van der Waals surface area contributed by atoms with E-state index in [1.807, 2.05) is 0 Å². The quantitative estimate of drug-likeness (QED) is 0.0519. The molecule has 20 nitrogen and oxygen atoms in total. The largest absolute Gasteiger partial charge is 0.481 e. The van der Waals surface area contributed by atoms with Gasteiger partial charge in [-0.15, -0.1) is 0 Å². The molecule has 0 aliphatic carbocycles.